The van der Waals surface area contributed by atoms with E-state index in [9.17, 15) is 28.1 Å². The minimum absolute atomic E-state index is 0.00833. The maximum Gasteiger partial charge on any atom is 0.341 e. The molecular weight excluding hydrogens is 462 g/mol. The number of anilines is 2. The number of nitrogens with zero attached hydrogens (tertiary/aromatic N) is 2. The molecule has 10 nitrogen and oxygen atoms in total. The summed E-state index contributed by atoms with van der Waals surface area (Å²) in [5, 5.41) is 13.6. The van der Waals surface area contributed by atoms with Crippen LogP contribution in [0.15, 0.2) is 41.3 Å². The lowest BCUT2D eigenvalue weighted by molar-refractivity contribution is -0.384. The van der Waals surface area contributed by atoms with Crippen molar-refractivity contribution in [3.63, 3.8) is 0 Å². The van der Waals surface area contributed by atoms with E-state index in [4.69, 9.17) is 16.3 Å². The van der Waals surface area contributed by atoms with E-state index >= 15 is 0 Å². The average molecular weight is 482 g/mol. The van der Waals surface area contributed by atoms with Crippen molar-refractivity contribution in [2.75, 3.05) is 36.2 Å². The Labute approximate surface area is 189 Å². The molecule has 0 aromatic heterocycles. The first-order chi connectivity index (χ1) is 15.1. The van der Waals surface area contributed by atoms with Crippen LogP contribution in [0.2, 0.25) is 5.02 Å². The lowest BCUT2D eigenvalue weighted by Crippen LogP contribution is -2.24. The summed E-state index contributed by atoms with van der Waals surface area (Å²) in [6.45, 7) is 0.710. The van der Waals surface area contributed by atoms with Crippen molar-refractivity contribution in [2.45, 2.75) is 17.7 Å². The standard InChI is InChI=1S/C20H20ClN3O7S/c1-32(29,30)14-5-6-16(21)17(11-14)22-19(25)12-31-20(26)15-10-13(24(27)28)4-7-18(15)23-8-2-3-9-23/h4-7,10-11H,2-3,8-9,12H2,1H3,(H,22,25). The number of sulfone groups is 1. The molecule has 2 aromatic rings. The van der Waals surface area contributed by atoms with Crippen LogP contribution in [0.3, 0.4) is 0 Å². The molecule has 3 rings (SSSR count). The molecule has 170 valence electrons. The van der Waals surface area contributed by atoms with Crippen LogP contribution in [0.5, 0.6) is 0 Å². The number of hydrogen-bond acceptors (Lipinski definition) is 8. The van der Waals surface area contributed by atoms with Gasteiger partial charge in [0.25, 0.3) is 11.6 Å². The molecule has 32 heavy (non-hydrogen) atoms. The second-order valence-electron chi connectivity index (χ2n) is 7.19. The van der Waals surface area contributed by atoms with Gasteiger partial charge in [0.05, 0.1) is 31.8 Å². The van der Waals surface area contributed by atoms with Crippen molar-refractivity contribution >= 4 is 50.4 Å². The Morgan fingerprint density at radius 3 is 2.50 bits per heavy atom. The number of hydrogen-bond donors (Lipinski definition) is 1. The largest absolute Gasteiger partial charge is 0.452 e. The summed E-state index contributed by atoms with van der Waals surface area (Å²) in [4.78, 5) is 37.3. The minimum atomic E-state index is -3.52. The van der Waals surface area contributed by atoms with Gasteiger partial charge in [-0.3, -0.25) is 14.9 Å². The third-order valence-electron chi connectivity index (χ3n) is 4.83. The van der Waals surface area contributed by atoms with Gasteiger partial charge in [-0.1, -0.05) is 11.6 Å². The van der Waals surface area contributed by atoms with E-state index in [1.807, 2.05) is 4.90 Å². The molecular formula is C20H20ClN3O7S. The second-order valence-corrected chi connectivity index (χ2v) is 9.61. The normalized spacial score (nSPS) is 13.6. The predicted molar refractivity (Wildman–Crippen MR) is 118 cm³/mol. The van der Waals surface area contributed by atoms with Gasteiger partial charge >= 0.3 is 5.97 Å². The van der Waals surface area contributed by atoms with Gasteiger partial charge in [0.1, 0.15) is 0 Å². The smallest absolute Gasteiger partial charge is 0.341 e. The molecule has 1 heterocycles. The fourth-order valence-corrected chi connectivity index (χ4v) is 4.07. The summed E-state index contributed by atoms with van der Waals surface area (Å²) in [5.41, 5.74) is 0.269. The number of benzene rings is 2. The van der Waals surface area contributed by atoms with E-state index in [1.54, 1.807) is 0 Å². The predicted octanol–water partition coefficient (Wildman–Crippen LogP) is 3.05. The molecule has 0 spiro atoms. The van der Waals surface area contributed by atoms with Crippen LogP contribution in [-0.2, 0) is 19.4 Å². The van der Waals surface area contributed by atoms with E-state index in [-0.39, 0.29) is 26.9 Å². The summed E-state index contributed by atoms with van der Waals surface area (Å²) in [6.07, 6.45) is 2.88. The Bertz CT molecular complexity index is 1180. The van der Waals surface area contributed by atoms with Crippen molar-refractivity contribution in [3.05, 3.63) is 57.1 Å². The molecule has 1 aliphatic heterocycles. The quantitative estimate of drug-likeness (QED) is 0.362. The lowest BCUT2D eigenvalue weighted by Gasteiger charge is -2.20. The topological polar surface area (TPSA) is 136 Å². The number of nitro benzene ring substituents is 1. The molecule has 0 bridgehead atoms. The second kappa shape index (κ2) is 9.53. The first-order valence-electron chi connectivity index (χ1n) is 9.56. The molecule has 2 aromatic carbocycles. The van der Waals surface area contributed by atoms with Crippen LogP contribution in [0.25, 0.3) is 0 Å². The number of halogens is 1. The highest BCUT2D eigenvalue weighted by molar-refractivity contribution is 7.90. The van der Waals surface area contributed by atoms with E-state index in [1.165, 1.54) is 30.3 Å². The summed E-state index contributed by atoms with van der Waals surface area (Å²) < 4.78 is 28.5. The Kier molecular flexibility index (Phi) is 6.99. The number of carbonyl (C=O) groups excluding carboxylic acids is 2. The number of non-ortho nitro benzene ring substituents is 1. The van der Waals surface area contributed by atoms with Crippen molar-refractivity contribution in [1.82, 2.24) is 0 Å². The van der Waals surface area contributed by atoms with Crippen LogP contribution < -0.4 is 10.2 Å². The number of nitro groups is 1. The SMILES string of the molecule is CS(=O)(=O)c1ccc(Cl)c(NC(=O)COC(=O)c2cc([N+](=O)[O-])ccc2N2CCCC2)c1. The van der Waals surface area contributed by atoms with Gasteiger partial charge in [-0.15, -0.1) is 0 Å². The van der Waals surface area contributed by atoms with Crippen LogP contribution in [-0.4, -0.2) is 51.2 Å². The van der Waals surface area contributed by atoms with Gasteiger partial charge in [0.15, 0.2) is 16.4 Å². The third kappa shape index (κ3) is 5.54. The molecule has 0 saturated carbocycles. The van der Waals surface area contributed by atoms with Crippen LogP contribution in [0, 0.1) is 10.1 Å². The number of nitrogens with one attached hydrogen (secondary N) is 1. The molecule has 1 amide bonds. The number of amides is 1. The van der Waals surface area contributed by atoms with Crippen LogP contribution in [0.1, 0.15) is 23.2 Å². The molecule has 0 unspecified atom stereocenters. The van der Waals surface area contributed by atoms with Gasteiger partial charge in [-0.2, -0.15) is 0 Å². The minimum Gasteiger partial charge on any atom is -0.452 e. The highest BCUT2D eigenvalue weighted by Gasteiger charge is 2.24. The van der Waals surface area contributed by atoms with Gasteiger partial charge in [-0.05, 0) is 37.1 Å². The zero-order valence-corrected chi connectivity index (χ0v) is 18.6. The molecule has 0 aliphatic carbocycles. The van der Waals surface area contributed by atoms with Crippen molar-refractivity contribution in [2.24, 2.45) is 0 Å². The number of carbonyl (C=O) groups is 2. The third-order valence-corrected chi connectivity index (χ3v) is 6.27. The van der Waals surface area contributed by atoms with Crippen molar-refractivity contribution in [3.8, 4) is 0 Å². The Morgan fingerprint density at radius 2 is 1.88 bits per heavy atom. The summed E-state index contributed by atoms with van der Waals surface area (Å²) in [5.74, 6) is -1.64. The van der Waals surface area contributed by atoms with Gasteiger partial charge in [0, 0.05) is 31.5 Å². The van der Waals surface area contributed by atoms with Crippen LogP contribution >= 0.6 is 11.6 Å². The van der Waals surface area contributed by atoms with Gasteiger partial charge < -0.3 is 15.0 Å². The number of ether oxygens (including phenoxy) is 1. The highest BCUT2D eigenvalue weighted by atomic mass is 35.5. The monoisotopic (exact) mass is 481 g/mol. The van der Waals surface area contributed by atoms with Gasteiger partial charge in [-0.25, -0.2) is 13.2 Å². The first kappa shape index (κ1) is 23.5. The molecule has 12 heteroatoms. The maximum atomic E-state index is 12.6. The molecule has 1 N–H and O–H groups in total. The van der Waals surface area contributed by atoms with E-state index in [2.05, 4.69) is 5.32 Å². The Balaban J connectivity index is 1.74. The molecule has 0 radical (unpaired) electrons. The maximum absolute atomic E-state index is 12.6. The Morgan fingerprint density at radius 1 is 1.19 bits per heavy atom. The molecule has 0 atom stereocenters. The number of esters is 1. The first-order valence-corrected chi connectivity index (χ1v) is 11.8. The van der Waals surface area contributed by atoms with Crippen LogP contribution in [0.4, 0.5) is 17.1 Å². The Hall–Kier alpha value is -3.18. The number of rotatable bonds is 7. The zero-order chi connectivity index (χ0) is 23.5. The summed E-state index contributed by atoms with van der Waals surface area (Å²) in [7, 11) is -3.52. The van der Waals surface area contributed by atoms with Gasteiger partial charge in [0.2, 0.25) is 0 Å². The fraction of sp³-hybridized carbons (Fsp3) is 0.300. The summed E-state index contributed by atoms with van der Waals surface area (Å²) >= 11 is 6.00. The van der Waals surface area contributed by atoms with E-state index in [0.29, 0.717) is 18.8 Å². The zero-order valence-electron chi connectivity index (χ0n) is 17.0. The van der Waals surface area contributed by atoms with Crippen molar-refractivity contribution < 1.29 is 27.7 Å². The average Bonchev–Trinajstić information content (AvgIpc) is 3.27. The lowest BCUT2D eigenvalue weighted by atomic mass is 10.1. The van der Waals surface area contributed by atoms with E-state index in [0.717, 1.165) is 25.2 Å². The highest BCUT2D eigenvalue weighted by Crippen LogP contribution is 2.29. The summed E-state index contributed by atoms with van der Waals surface area (Å²) in [6, 6.07) is 7.76. The fourth-order valence-electron chi connectivity index (χ4n) is 3.26. The molecule has 1 aliphatic rings. The van der Waals surface area contributed by atoms with Crippen molar-refractivity contribution in [1.29, 1.82) is 0 Å². The molecule has 1 saturated heterocycles. The van der Waals surface area contributed by atoms with E-state index < -0.39 is 33.2 Å². The molecule has 1 fully saturated rings.